The molecule has 2 aromatic rings. The molecule has 2 rings (SSSR count). The van der Waals surface area contributed by atoms with Crippen LogP contribution in [-0.2, 0) is 0 Å². The van der Waals surface area contributed by atoms with Gasteiger partial charge in [-0.1, -0.05) is 6.07 Å². The fourth-order valence-electron chi connectivity index (χ4n) is 1.65. The number of anilines is 2. The summed E-state index contributed by atoms with van der Waals surface area (Å²) in [6, 6.07) is 8.28. The van der Waals surface area contributed by atoms with E-state index in [-0.39, 0.29) is 16.9 Å². The molecule has 0 saturated carbocycles. The minimum atomic E-state index is -1.27. The molecule has 0 heterocycles. The van der Waals surface area contributed by atoms with Crippen molar-refractivity contribution in [3.63, 3.8) is 0 Å². The third-order valence-corrected chi connectivity index (χ3v) is 2.57. The van der Waals surface area contributed by atoms with Gasteiger partial charge in [-0.15, -0.1) is 0 Å². The van der Waals surface area contributed by atoms with Gasteiger partial charge in [-0.05, 0) is 30.3 Å². The number of phenols is 1. The number of carbonyl (C=O) groups excluding carboxylic acids is 1. The summed E-state index contributed by atoms with van der Waals surface area (Å²) in [5.41, 5.74) is 0.191. The van der Waals surface area contributed by atoms with E-state index in [0.29, 0.717) is 0 Å². The number of amides is 2. The van der Waals surface area contributed by atoms with Crippen molar-refractivity contribution in [1.82, 2.24) is 0 Å². The standard InChI is InChI=1S/C14H11FN2O4/c15-8-2-1-3-9(6-8)16-14(21)17-10-4-5-11(13(19)20)12(18)7-10/h1-7,18H,(H,19,20)(H2,16,17,21). The SMILES string of the molecule is O=C(Nc1cccc(F)c1)Nc1ccc(C(=O)O)c(O)c1. The van der Waals surface area contributed by atoms with E-state index in [0.717, 1.165) is 18.2 Å². The van der Waals surface area contributed by atoms with Crippen LogP contribution in [0.2, 0.25) is 0 Å². The average Bonchev–Trinajstić information content (AvgIpc) is 2.38. The van der Waals surface area contributed by atoms with Gasteiger partial charge in [0.2, 0.25) is 0 Å². The van der Waals surface area contributed by atoms with Crippen molar-refractivity contribution in [3.05, 3.63) is 53.8 Å². The highest BCUT2D eigenvalue weighted by atomic mass is 19.1. The molecule has 0 aliphatic rings. The quantitative estimate of drug-likeness (QED) is 0.698. The third-order valence-electron chi connectivity index (χ3n) is 2.57. The minimum Gasteiger partial charge on any atom is -0.507 e. The van der Waals surface area contributed by atoms with Gasteiger partial charge >= 0.3 is 12.0 Å². The molecule has 4 N–H and O–H groups in total. The second kappa shape index (κ2) is 5.91. The van der Waals surface area contributed by atoms with Crippen molar-refractivity contribution < 1.29 is 24.2 Å². The van der Waals surface area contributed by atoms with Crippen molar-refractivity contribution in [1.29, 1.82) is 0 Å². The van der Waals surface area contributed by atoms with Gasteiger partial charge in [-0.3, -0.25) is 0 Å². The van der Waals surface area contributed by atoms with Crippen molar-refractivity contribution in [3.8, 4) is 5.75 Å². The zero-order valence-corrected chi connectivity index (χ0v) is 10.6. The van der Waals surface area contributed by atoms with Gasteiger partial charge in [0.25, 0.3) is 0 Å². The molecule has 0 radical (unpaired) electrons. The lowest BCUT2D eigenvalue weighted by atomic mass is 10.2. The number of nitrogens with one attached hydrogen (secondary N) is 2. The van der Waals surface area contributed by atoms with Crippen LogP contribution in [0.15, 0.2) is 42.5 Å². The second-order valence-corrected chi connectivity index (χ2v) is 4.13. The van der Waals surface area contributed by atoms with Crippen LogP contribution in [0.3, 0.4) is 0 Å². The lowest BCUT2D eigenvalue weighted by Gasteiger charge is -2.08. The number of hydrogen-bond donors (Lipinski definition) is 4. The van der Waals surface area contributed by atoms with Crippen LogP contribution in [0, 0.1) is 5.82 Å². The molecular weight excluding hydrogens is 279 g/mol. The highest BCUT2D eigenvalue weighted by molar-refractivity contribution is 6.00. The maximum atomic E-state index is 13.0. The molecular formula is C14H11FN2O4. The summed E-state index contributed by atoms with van der Waals surface area (Å²) in [7, 11) is 0. The number of aromatic carboxylic acids is 1. The molecule has 0 spiro atoms. The number of carbonyl (C=O) groups is 2. The van der Waals surface area contributed by atoms with E-state index in [2.05, 4.69) is 10.6 Å². The number of benzene rings is 2. The molecule has 6 nitrogen and oxygen atoms in total. The fourth-order valence-corrected chi connectivity index (χ4v) is 1.65. The van der Waals surface area contributed by atoms with E-state index in [4.69, 9.17) is 5.11 Å². The Hall–Kier alpha value is -3.09. The minimum absolute atomic E-state index is 0.200. The summed E-state index contributed by atoms with van der Waals surface area (Å²) in [4.78, 5) is 22.4. The first-order valence-electron chi connectivity index (χ1n) is 5.85. The summed E-state index contributed by atoms with van der Waals surface area (Å²) in [6.07, 6.45) is 0. The molecule has 0 aliphatic heterocycles. The number of aromatic hydroxyl groups is 1. The largest absolute Gasteiger partial charge is 0.507 e. The average molecular weight is 290 g/mol. The van der Waals surface area contributed by atoms with Crippen LogP contribution < -0.4 is 10.6 Å². The fraction of sp³-hybridized carbons (Fsp3) is 0. The van der Waals surface area contributed by atoms with E-state index in [1.807, 2.05) is 0 Å². The predicted octanol–water partition coefficient (Wildman–Crippen LogP) is 2.87. The van der Waals surface area contributed by atoms with E-state index in [1.165, 1.54) is 24.3 Å². The molecule has 0 bridgehead atoms. The Kier molecular flexibility index (Phi) is 4.03. The highest BCUT2D eigenvalue weighted by Crippen LogP contribution is 2.22. The highest BCUT2D eigenvalue weighted by Gasteiger charge is 2.11. The topological polar surface area (TPSA) is 98.7 Å². The Balaban J connectivity index is 2.06. The van der Waals surface area contributed by atoms with E-state index in [9.17, 15) is 19.1 Å². The first kappa shape index (κ1) is 14.3. The monoisotopic (exact) mass is 290 g/mol. The van der Waals surface area contributed by atoms with Crippen molar-refractivity contribution in [2.24, 2.45) is 0 Å². The molecule has 0 fully saturated rings. The Morgan fingerprint density at radius 3 is 2.24 bits per heavy atom. The third kappa shape index (κ3) is 3.69. The normalized spacial score (nSPS) is 9.95. The van der Waals surface area contributed by atoms with Gasteiger partial charge in [0.05, 0.1) is 0 Å². The molecule has 2 aromatic carbocycles. The van der Waals surface area contributed by atoms with Gasteiger partial charge in [0, 0.05) is 17.4 Å². The molecule has 0 unspecified atom stereocenters. The maximum Gasteiger partial charge on any atom is 0.339 e. The number of carboxylic acid groups (broad SMARTS) is 1. The maximum absolute atomic E-state index is 13.0. The summed E-state index contributed by atoms with van der Waals surface area (Å²) in [5, 5.41) is 23.1. The van der Waals surface area contributed by atoms with E-state index in [1.54, 1.807) is 0 Å². The molecule has 0 saturated heterocycles. The Labute approximate surface area is 118 Å². The van der Waals surface area contributed by atoms with E-state index < -0.39 is 23.6 Å². The lowest BCUT2D eigenvalue weighted by Crippen LogP contribution is -2.19. The van der Waals surface area contributed by atoms with Gasteiger partial charge in [0.15, 0.2) is 0 Å². The number of hydrogen-bond acceptors (Lipinski definition) is 3. The molecule has 0 aromatic heterocycles. The van der Waals surface area contributed by atoms with Crippen molar-refractivity contribution >= 4 is 23.4 Å². The van der Waals surface area contributed by atoms with Gasteiger partial charge < -0.3 is 20.8 Å². The molecule has 2 amide bonds. The van der Waals surface area contributed by atoms with Crippen LogP contribution in [0.4, 0.5) is 20.6 Å². The smallest absolute Gasteiger partial charge is 0.339 e. The first-order chi connectivity index (χ1) is 9.95. The number of carboxylic acids is 1. The van der Waals surface area contributed by atoms with Crippen LogP contribution in [-0.4, -0.2) is 22.2 Å². The van der Waals surface area contributed by atoms with Gasteiger partial charge in [0.1, 0.15) is 17.1 Å². The van der Waals surface area contributed by atoms with Gasteiger partial charge in [-0.2, -0.15) is 0 Å². The Bertz CT molecular complexity index is 703. The summed E-state index contributed by atoms with van der Waals surface area (Å²) in [5.74, 6) is -2.23. The van der Waals surface area contributed by atoms with Crippen LogP contribution in [0.5, 0.6) is 5.75 Å². The molecule has 7 heteroatoms. The second-order valence-electron chi connectivity index (χ2n) is 4.13. The van der Waals surface area contributed by atoms with E-state index >= 15 is 0 Å². The first-order valence-corrected chi connectivity index (χ1v) is 5.85. The lowest BCUT2D eigenvalue weighted by molar-refractivity contribution is 0.0694. The zero-order chi connectivity index (χ0) is 15.4. The van der Waals surface area contributed by atoms with Crippen molar-refractivity contribution in [2.45, 2.75) is 0 Å². The summed E-state index contributed by atoms with van der Waals surface area (Å²) < 4.78 is 13.0. The molecule has 0 aliphatic carbocycles. The van der Waals surface area contributed by atoms with Crippen LogP contribution >= 0.6 is 0 Å². The zero-order valence-electron chi connectivity index (χ0n) is 10.6. The summed E-state index contributed by atoms with van der Waals surface area (Å²) in [6.45, 7) is 0. The molecule has 0 atom stereocenters. The number of halogens is 1. The Morgan fingerprint density at radius 2 is 1.67 bits per heavy atom. The van der Waals surface area contributed by atoms with Crippen molar-refractivity contribution in [2.75, 3.05) is 10.6 Å². The van der Waals surface area contributed by atoms with Crippen LogP contribution in [0.1, 0.15) is 10.4 Å². The molecule has 21 heavy (non-hydrogen) atoms. The number of urea groups is 1. The molecule has 108 valence electrons. The Morgan fingerprint density at radius 1 is 1.00 bits per heavy atom. The van der Waals surface area contributed by atoms with Crippen LogP contribution in [0.25, 0.3) is 0 Å². The summed E-state index contributed by atoms with van der Waals surface area (Å²) >= 11 is 0. The number of rotatable bonds is 3. The van der Waals surface area contributed by atoms with Gasteiger partial charge in [-0.25, -0.2) is 14.0 Å². The predicted molar refractivity (Wildman–Crippen MR) is 74.1 cm³/mol.